The van der Waals surface area contributed by atoms with Gasteiger partial charge in [0.05, 0.1) is 25.7 Å². The summed E-state index contributed by atoms with van der Waals surface area (Å²) in [7, 11) is 3.20. The van der Waals surface area contributed by atoms with Crippen LogP contribution in [0.4, 0.5) is 5.82 Å². The Kier molecular flexibility index (Phi) is 8.51. The molecule has 1 fully saturated rings. The van der Waals surface area contributed by atoms with E-state index in [2.05, 4.69) is 15.1 Å². The van der Waals surface area contributed by atoms with E-state index < -0.39 is 0 Å². The van der Waals surface area contributed by atoms with Crippen LogP contribution in [0.3, 0.4) is 0 Å². The summed E-state index contributed by atoms with van der Waals surface area (Å²) in [6.45, 7) is 3.15. The molecule has 36 heavy (non-hydrogen) atoms. The van der Waals surface area contributed by atoms with Crippen molar-refractivity contribution in [2.45, 2.75) is 6.42 Å². The Morgan fingerprint density at radius 2 is 1.83 bits per heavy atom. The highest BCUT2D eigenvalue weighted by Gasteiger charge is 2.25. The molecule has 0 aliphatic carbocycles. The van der Waals surface area contributed by atoms with E-state index in [9.17, 15) is 9.59 Å². The van der Waals surface area contributed by atoms with Gasteiger partial charge in [-0.05, 0) is 55.0 Å². The molecular formula is C26H31N5O5. The van der Waals surface area contributed by atoms with Crippen LogP contribution in [0, 0.1) is 0 Å². The number of carbonyl (C=O) groups is 2. The summed E-state index contributed by atoms with van der Waals surface area (Å²) in [5, 5.41) is 8.83. The third-order valence-electron chi connectivity index (χ3n) is 6.12. The third-order valence-corrected chi connectivity index (χ3v) is 6.12. The van der Waals surface area contributed by atoms with E-state index in [4.69, 9.17) is 13.9 Å². The SMILES string of the molecule is COCCN(CC(=O)N1CCCN(c2ccc(-c3ccc(OC)cc3)nn2)CC1)C(=O)c1ccco1. The second-order valence-corrected chi connectivity index (χ2v) is 8.42. The Bertz CT molecular complexity index is 1120. The molecule has 0 atom stereocenters. The molecule has 0 unspecified atom stereocenters. The van der Waals surface area contributed by atoms with Crippen molar-refractivity contribution in [2.75, 3.05) is 65.0 Å². The molecule has 3 heterocycles. The fourth-order valence-electron chi connectivity index (χ4n) is 4.08. The van der Waals surface area contributed by atoms with Gasteiger partial charge >= 0.3 is 0 Å². The number of aromatic nitrogens is 2. The van der Waals surface area contributed by atoms with Crippen LogP contribution in [-0.4, -0.2) is 91.9 Å². The monoisotopic (exact) mass is 493 g/mol. The lowest BCUT2D eigenvalue weighted by Crippen LogP contribution is -2.45. The summed E-state index contributed by atoms with van der Waals surface area (Å²) >= 11 is 0. The zero-order chi connectivity index (χ0) is 25.3. The predicted molar refractivity (Wildman–Crippen MR) is 134 cm³/mol. The highest BCUT2D eigenvalue weighted by atomic mass is 16.5. The Morgan fingerprint density at radius 3 is 2.50 bits per heavy atom. The predicted octanol–water partition coefficient (Wildman–Crippen LogP) is 2.57. The maximum absolute atomic E-state index is 13.1. The quantitative estimate of drug-likeness (QED) is 0.448. The lowest BCUT2D eigenvalue weighted by atomic mass is 10.1. The van der Waals surface area contributed by atoms with Crippen LogP contribution in [0.2, 0.25) is 0 Å². The molecule has 0 radical (unpaired) electrons. The van der Waals surface area contributed by atoms with Crippen molar-refractivity contribution < 1.29 is 23.5 Å². The lowest BCUT2D eigenvalue weighted by molar-refractivity contribution is -0.131. The van der Waals surface area contributed by atoms with Crippen LogP contribution >= 0.6 is 0 Å². The number of ether oxygens (including phenoxy) is 2. The number of nitrogens with zero attached hydrogens (tertiary/aromatic N) is 5. The molecule has 0 saturated carbocycles. The number of rotatable bonds is 9. The lowest BCUT2D eigenvalue weighted by Gasteiger charge is -2.26. The van der Waals surface area contributed by atoms with Gasteiger partial charge in [-0.25, -0.2) is 0 Å². The standard InChI is InChI=1S/C26H31N5O5/c1-34-18-16-31(26(33)23-5-3-17-36-23)19-25(32)30-13-4-12-29(14-15-30)24-11-10-22(27-28-24)20-6-8-21(35-2)9-7-20/h3,5-11,17H,4,12-16,18-19H2,1-2H3. The van der Waals surface area contributed by atoms with E-state index in [1.807, 2.05) is 36.4 Å². The van der Waals surface area contributed by atoms with Gasteiger partial charge in [0.2, 0.25) is 5.91 Å². The fraction of sp³-hybridized carbons (Fsp3) is 0.385. The first-order valence-electron chi connectivity index (χ1n) is 11.9. The van der Waals surface area contributed by atoms with Gasteiger partial charge < -0.3 is 28.6 Å². The zero-order valence-electron chi connectivity index (χ0n) is 20.6. The van der Waals surface area contributed by atoms with Crippen molar-refractivity contribution in [3.63, 3.8) is 0 Å². The number of carbonyl (C=O) groups excluding carboxylic acids is 2. The average molecular weight is 494 g/mol. The van der Waals surface area contributed by atoms with Crippen molar-refractivity contribution in [1.29, 1.82) is 0 Å². The van der Waals surface area contributed by atoms with E-state index in [-0.39, 0.29) is 24.1 Å². The Labute approximate surface area is 210 Å². The number of anilines is 1. The van der Waals surface area contributed by atoms with Gasteiger partial charge in [-0.1, -0.05) is 0 Å². The molecule has 190 valence electrons. The van der Waals surface area contributed by atoms with E-state index >= 15 is 0 Å². The molecule has 0 spiro atoms. The minimum absolute atomic E-state index is 0.0285. The fourth-order valence-corrected chi connectivity index (χ4v) is 4.08. The van der Waals surface area contributed by atoms with Crippen LogP contribution in [0.1, 0.15) is 17.0 Å². The zero-order valence-corrected chi connectivity index (χ0v) is 20.6. The summed E-state index contributed by atoms with van der Waals surface area (Å²) in [5.74, 6) is 1.34. The molecule has 0 N–H and O–H groups in total. The molecule has 1 aromatic carbocycles. The van der Waals surface area contributed by atoms with Gasteiger partial charge in [0.1, 0.15) is 12.3 Å². The highest BCUT2D eigenvalue weighted by molar-refractivity contribution is 5.94. The summed E-state index contributed by atoms with van der Waals surface area (Å²) in [4.78, 5) is 31.3. The smallest absolute Gasteiger partial charge is 0.290 e. The minimum atomic E-state index is -0.325. The van der Waals surface area contributed by atoms with Crippen molar-refractivity contribution in [3.05, 3.63) is 60.6 Å². The van der Waals surface area contributed by atoms with Crippen LogP contribution in [0.5, 0.6) is 5.75 Å². The van der Waals surface area contributed by atoms with E-state index in [1.165, 1.54) is 11.2 Å². The summed E-state index contributed by atoms with van der Waals surface area (Å²) in [6.07, 6.45) is 2.23. The largest absolute Gasteiger partial charge is 0.497 e. The molecular weight excluding hydrogens is 462 g/mol. The molecule has 1 aliphatic rings. The first-order chi connectivity index (χ1) is 17.6. The number of amides is 2. The maximum Gasteiger partial charge on any atom is 0.290 e. The molecule has 3 aromatic rings. The first-order valence-corrected chi connectivity index (χ1v) is 11.9. The van der Waals surface area contributed by atoms with E-state index in [0.29, 0.717) is 32.8 Å². The van der Waals surface area contributed by atoms with Crippen LogP contribution < -0.4 is 9.64 Å². The van der Waals surface area contributed by atoms with Gasteiger partial charge in [-0.15, -0.1) is 10.2 Å². The second-order valence-electron chi connectivity index (χ2n) is 8.42. The molecule has 10 nitrogen and oxygen atoms in total. The molecule has 10 heteroatoms. The molecule has 0 bridgehead atoms. The van der Waals surface area contributed by atoms with Gasteiger partial charge in [0.15, 0.2) is 11.6 Å². The van der Waals surface area contributed by atoms with Crippen LogP contribution in [0.15, 0.2) is 59.2 Å². The van der Waals surface area contributed by atoms with Gasteiger partial charge in [-0.3, -0.25) is 9.59 Å². The Morgan fingerprint density at radius 1 is 1.00 bits per heavy atom. The molecule has 2 aromatic heterocycles. The van der Waals surface area contributed by atoms with Gasteiger partial charge in [-0.2, -0.15) is 0 Å². The third kappa shape index (κ3) is 6.19. The topological polar surface area (TPSA) is 101 Å². The Hall–Kier alpha value is -3.92. The number of methoxy groups -OCH3 is 2. The highest BCUT2D eigenvalue weighted by Crippen LogP contribution is 2.22. The van der Waals surface area contributed by atoms with Crippen LogP contribution in [0.25, 0.3) is 11.3 Å². The van der Waals surface area contributed by atoms with Gasteiger partial charge in [0.25, 0.3) is 5.91 Å². The van der Waals surface area contributed by atoms with Crippen molar-refractivity contribution in [1.82, 2.24) is 20.0 Å². The van der Waals surface area contributed by atoms with Crippen molar-refractivity contribution in [3.8, 4) is 17.0 Å². The number of furan rings is 1. The summed E-state index contributed by atoms with van der Waals surface area (Å²) < 4.78 is 15.6. The van der Waals surface area contributed by atoms with E-state index in [1.54, 1.807) is 31.3 Å². The maximum atomic E-state index is 13.1. The Balaban J connectivity index is 1.35. The molecule has 2 amide bonds. The molecule has 1 aliphatic heterocycles. The van der Waals surface area contributed by atoms with Crippen molar-refractivity contribution >= 4 is 17.6 Å². The minimum Gasteiger partial charge on any atom is -0.497 e. The normalized spacial score (nSPS) is 13.8. The van der Waals surface area contributed by atoms with Crippen LogP contribution in [-0.2, 0) is 9.53 Å². The number of hydrogen-bond acceptors (Lipinski definition) is 8. The first kappa shape index (κ1) is 25.2. The average Bonchev–Trinajstić information content (AvgIpc) is 3.35. The molecule has 1 saturated heterocycles. The summed E-state index contributed by atoms with van der Waals surface area (Å²) in [5.41, 5.74) is 1.75. The summed E-state index contributed by atoms with van der Waals surface area (Å²) in [6, 6.07) is 14.8. The van der Waals surface area contributed by atoms with Crippen molar-refractivity contribution in [2.24, 2.45) is 0 Å². The molecule has 4 rings (SSSR count). The van der Waals surface area contributed by atoms with Gasteiger partial charge in [0, 0.05) is 45.4 Å². The number of hydrogen-bond donors (Lipinski definition) is 0. The second kappa shape index (κ2) is 12.2. The number of benzene rings is 1. The van der Waals surface area contributed by atoms with E-state index in [0.717, 1.165) is 35.8 Å².